The molecule has 0 unspecified atom stereocenters. The number of carbonyl (C=O) groups excluding carboxylic acids is 2. The van der Waals surface area contributed by atoms with E-state index in [1.807, 2.05) is 31.2 Å². The maximum Gasteiger partial charge on any atom is 0.319 e. The second-order valence-corrected chi connectivity index (χ2v) is 7.12. The molecule has 1 aliphatic rings. The number of rotatable bonds is 8. The molecule has 0 radical (unpaired) electrons. The number of amides is 3. The number of hydrogen-bond donors (Lipinski definition) is 0. The highest BCUT2D eigenvalue weighted by molar-refractivity contribution is 5.84. The fourth-order valence-electron chi connectivity index (χ4n) is 3.14. The highest BCUT2D eigenvalue weighted by Crippen LogP contribution is 2.33. The fourth-order valence-corrected chi connectivity index (χ4v) is 3.14. The monoisotopic (exact) mass is 401 g/mol. The van der Waals surface area contributed by atoms with Gasteiger partial charge in [-0.3, -0.25) is 4.79 Å². The van der Waals surface area contributed by atoms with E-state index in [-0.39, 0.29) is 25.3 Å². The first kappa shape index (κ1) is 20.6. The minimum absolute atomic E-state index is 0.0100. The van der Waals surface area contributed by atoms with Crippen molar-refractivity contribution in [2.24, 2.45) is 0 Å². The van der Waals surface area contributed by atoms with E-state index in [0.29, 0.717) is 36.9 Å². The van der Waals surface area contributed by atoms with Crippen LogP contribution >= 0.6 is 0 Å². The number of urea groups is 1. The predicted molar refractivity (Wildman–Crippen MR) is 106 cm³/mol. The molecule has 3 rings (SSSR count). The first-order chi connectivity index (χ1) is 14.0. The van der Waals surface area contributed by atoms with Crippen LogP contribution in [0.15, 0.2) is 41.0 Å². The van der Waals surface area contributed by atoms with Gasteiger partial charge in [0.15, 0.2) is 11.5 Å². The molecule has 156 valence electrons. The maximum absolute atomic E-state index is 13.1. The topological polar surface area (TPSA) is 75.5 Å². The Morgan fingerprint density at radius 3 is 2.52 bits per heavy atom. The summed E-state index contributed by atoms with van der Waals surface area (Å²) >= 11 is 0. The molecule has 2 aromatic rings. The van der Waals surface area contributed by atoms with Gasteiger partial charge in [-0.15, -0.1) is 0 Å². The molecule has 0 atom stereocenters. The van der Waals surface area contributed by atoms with Gasteiger partial charge in [-0.05, 0) is 36.2 Å². The van der Waals surface area contributed by atoms with Crippen molar-refractivity contribution in [3.63, 3.8) is 0 Å². The Labute approximate surface area is 170 Å². The van der Waals surface area contributed by atoms with Gasteiger partial charge in [-0.25, -0.2) is 4.79 Å². The molecule has 0 N–H and O–H groups in total. The summed E-state index contributed by atoms with van der Waals surface area (Å²) < 4.78 is 16.2. The largest absolute Gasteiger partial charge is 0.467 e. The van der Waals surface area contributed by atoms with Gasteiger partial charge < -0.3 is 28.6 Å². The Hall–Kier alpha value is -3.16. The number of benzene rings is 1. The van der Waals surface area contributed by atoms with Crippen LogP contribution in [-0.4, -0.2) is 60.6 Å². The third-order valence-corrected chi connectivity index (χ3v) is 4.56. The van der Waals surface area contributed by atoms with Crippen LogP contribution in [0.5, 0.6) is 11.5 Å². The average Bonchev–Trinajstić information content (AvgIpc) is 3.37. The average molecular weight is 401 g/mol. The summed E-state index contributed by atoms with van der Waals surface area (Å²) in [4.78, 5) is 30.3. The van der Waals surface area contributed by atoms with E-state index in [1.54, 1.807) is 36.2 Å². The molecule has 0 saturated heterocycles. The van der Waals surface area contributed by atoms with Gasteiger partial charge in [0.1, 0.15) is 12.3 Å². The molecule has 8 nitrogen and oxygen atoms in total. The van der Waals surface area contributed by atoms with Crippen molar-refractivity contribution in [2.75, 3.05) is 34.0 Å². The van der Waals surface area contributed by atoms with E-state index in [0.717, 1.165) is 12.0 Å². The lowest BCUT2D eigenvalue weighted by atomic mass is 10.2. The molecular weight excluding hydrogens is 374 g/mol. The summed E-state index contributed by atoms with van der Waals surface area (Å²) in [5.41, 5.74) is 0.912. The Kier molecular flexibility index (Phi) is 6.64. The third kappa shape index (κ3) is 5.22. The predicted octanol–water partition coefficient (Wildman–Crippen LogP) is 2.93. The molecule has 0 bridgehead atoms. The number of hydrogen-bond acceptors (Lipinski definition) is 5. The molecule has 1 aliphatic heterocycles. The number of carbonyl (C=O) groups is 2. The van der Waals surface area contributed by atoms with Crippen molar-refractivity contribution >= 4 is 11.9 Å². The van der Waals surface area contributed by atoms with Crippen LogP contribution in [0.2, 0.25) is 0 Å². The van der Waals surface area contributed by atoms with Crippen LogP contribution in [0, 0.1) is 0 Å². The smallest absolute Gasteiger partial charge is 0.319 e. The Balaban J connectivity index is 1.76. The Bertz CT molecular complexity index is 835. The molecule has 3 amide bonds. The summed E-state index contributed by atoms with van der Waals surface area (Å²) in [6, 6.07) is 9.06. The number of furan rings is 1. The second kappa shape index (κ2) is 9.36. The number of nitrogens with zero attached hydrogens (tertiary/aromatic N) is 3. The quantitative estimate of drug-likeness (QED) is 0.680. The van der Waals surface area contributed by atoms with Crippen LogP contribution in [0.3, 0.4) is 0 Å². The van der Waals surface area contributed by atoms with E-state index in [4.69, 9.17) is 13.9 Å². The van der Waals surface area contributed by atoms with Crippen molar-refractivity contribution < 1.29 is 23.5 Å². The van der Waals surface area contributed by atoms with Gasteiger partial charge in [-0.2, -0.15) is 0 Å². The molecule has 0 spiro atoms. The van der Waals surface area contributed by atoms with Crippen LogP contribution in [-0.2, 0) is 17.9 Å². The standard InChI is InChI=1S/C21H27N3O5/c1-4-9-23(21(26)22(2)3)14-20(25)24(13-17-6-5-10-27-17)12-16-7-8-18-19(11-16)29-15-28-18/h5-8,10-11H,4,9,12-15H2,1-3H3. The lowest BCUT2D eigenvalue weighted by Crippen LogP contribution is -2.46. The summed E-state index contributed by atoms with van der Waals surface area (Å²) in [6.07, 6.45) is 2.35. The maximum atomic E-state index is 13.1. The zero-order valence-electron chi connectivity index (χ0n) is 17.1. The summed E-state index contributed by atoms with van der Waals surface area (Å²) in [5.74, 6) is 1.90. The third-order valence-electron chi connectivity index (χ3n) is 4.56. The molecular formula is C21H27N3O5. The van der Waals surface area contributed by atoms with Crippen molar-refractivity contribution in [2.45, 2.75) is 26.4 Å². The molecule has 29 heavy (non-hydrogen) atoms. The van der Waals surface area contributed by atoms with Gasteiger partial charge in [-0.1, -0.05) is 13.0 Å². The molecule has 0 fully saturated rings. The molecule has 8 heteroatoms. The van der Waals surface area contributed by atoms with Crippen LogP contribution in [0.1, 0.15) is 24.7 Å². The van der Waals surface area contributed by atoms with Crippen LogP contribution in [0.25, 0.3) is 0 Å². The zero-order chi connectivity index (χ0) is 20.8. The second-order valence-electron chi connectivity index (χ2n) is 7.12. The lowest BCUT2D eigenvalue weighted by molar-refractivity contribution is -0.133. The van der Waals surface area contributed by atoms with Crippen molar-refractivity contribution in [3.8, 4) is 11.5 Å². The highest BCUT2D eigenvalue weighted by atomic mass is 16.7. The minimum atomic E-state index is -0.179. The van der Waals surface area contributed by atoms with Gasteiger partial charge in [0, 0.05) is 27.2 Å². The highest BCUT2D eigenvalue weighted by Gasteiger charge is 2.23. The molecule has 1 aromatic carbocycles. The number of ether oxygens (including phenoxy) is 2. The molecule has 2 heterocycles. The molecule has 0 aliphatic carbocycles. The SMILES string of the molecule is CCCN(CC(=O)N(Cc1ccc2c(c1)OCO2)Cc1ccco1)C(=O)N(C)C. The van der Waals surface area contributed by atoms with E-state index in [2.05, 4.69) is 0 Å². The van der Waals surface area contributed by atoms with Gasteiger partial charge in [0.05, 0.1) is 12.8 Å². The summed E-state index contributed by atoms with van der Waals surface area (Å²) in [7, 11) is 3.37. The van der Waals surface area contributed by atoms with Crippen LogP contribution in [0.4, 0.5) is 4.79 Å². The first-order valence-corrected chi connectivity index (χ1v) is 9.62. The van der Waals surface area contributed by atoms with Gasteiger partial charge in [0.2, 0.25) is 12.7 Å². The van der Waals surface area contributed by atoms with Gasteiger partial charge >= 0.3 is 6.03 Å². The van der Waals surface area contributed by atoms with Crippen LogP contribution < -0.4 is 9.47 Å². The fraction of sp³-hybridized carbons (Fsp3) is 0.429. The molecule has 1 aromatic heterocycles. The normalized spacial score (nSPS) is 12.0. The Morgan fingerprint density at radius 2 is 1.83 bits per heavy atom. The zero-order valence-corrected chi connectivity index (χ0v) is 17.1. The van der Waals surface area contributed by atoms with Gasteiger partial charge in [0.25, 0.3) is 0 Å². The Morgan fingerprint density at radius 1 is 1.03 bits per heavy atom. The van der Waals surface area contributed by atoms with E-state index in [9.17, 15) is 9.59 Å². The van der Waals surface area contributed by atoms with Crippen molar-refractivity contribution in [3.05, 3.63) is 47.9 Å². The number of fused-ring (bicyclic) bond motifs is 1. The lowest BCUT2D eigenvalue weighted by Gasteiger charge is -2.29. The minimum Gasteiger partial charge on any atom is -0.467 e. The van der Waals surface area contributed by atoms with Crippen molar-refractivity contribution in [1.82, 2.24) is 14.7 Å². The summed E-state index contributed by atoms with van der Waals surface area (Å²) in [6.45, 7) is 3.39. The first-order valence-electron chi connectivity index (χ1n) is 9.62. The van der Waals surface area contributed by atoms with E-state index in [1.165, 1.54) is 4.90 Å². The van der Waals surface area contributed by atoms with E-state index < -0.39 is 0 Å². The molecule has 0 saturated carbocycles. The van der Waals surface area contributed by atoms with Crippen molar-refractivity contribution in [1.29, 1.82) is 0 Å². The van der Waals surface area contributed by atoms with E-state index >= 15 is 0 Å². The summed E-state index contributed by atoms with van der Waals surface area (Å²) in [5, 5.41) is 0.